The molecule has 0 aliphatic rings. The topological polar surface area (TPSA) is 90.2 Å². The van der Waals surface area contributed by atoms with Crippen molar-refractivity contribution in [3.63, 3.8) is 0 Å². The molecular weight excluding hydrogens is 244 g/mol. The summed E-state index contributed by atoms with van der Waals surface area (Å²) in [7, 11) is 1.74. The first kappa shape index (κ1) is 11.3. The van der Waals surface area contributed by atoms with E-state index in [-0.39, 0.29) is 0 Å². The van der Waals surface area contributed by atoms with Gasteiger partial charge in [-0.3, -0.25) is 14.4 Å². The second-order valence-electron chi connectivity index (χ2n) is 4.09. The first-order valence-corrected chi connectivity index (χ1v) is 5.68. The molecular formula is C12H12N6O. The number of imidazole rings is 1. The lowest BCUT2D eigenvalue weighted by molar-refractivity contribution is 0.259. The van der Waals surface area contributed by atoms with Crippen LogP contribution in [0.15, 0.2) is 36.7 Å². The number of hydrogen-bond acceptors (Lipinski definition) is 3. The molecule has 0 atom stereocenters. The maximum atomic E-state index is 10.9. The molecule has 3 aromatic heterocycles. The highest BCUT2D eigenvalue weighted by molar-refractivity contribution is 5.87. The molecule has 2 amide bonds. The van der Waals surface area contributed by atoms with Gasteiger partial charge < -0.3 is 5.73 Å². The fraction of sp³-hybridized carbons (Fsp3) is 0.0833. The highest BCUT2D eigenvalue weighted by Gasteiger charge is 2.11. The number of amides is 2. The van der Waals surface area contributed by atoms with Crippen LogP contribution in [0.2, 0.25) is 0 Å². The summed E-state index contributed by atoms with van der Waals surface area (Å²) >= 11 is 0. The van der Waals surface area contributed by atoms with Gasteiger partial charge in [-0.1, -0.05) is 6.07 Å². The number of aromatic nitrogens is 4. The fourth-order valence-electron chi connectivity index (χ4n) is 1.99. The molecule has 3 N–H and O–H groups in total. The first-order valence-electron chi connectivity index (χ1n) is 5.68. The van der Waals surface area contributed by atoms with Gasteiger partial charge in [-0.25, -0.2) is 9.78 Å². The number of primary amides is 1. The van der Waals surface area contributed by atoms with E-state index in [0.717, 1.165) is 17.0 Å². The molecule has 96 valence electrons. The standard InChI is InChI=1S/C12H12N6O/c1-17-11(15-12(13)19)7-8(16-17)9-3-2-4-10-14-5-6-18(9)10/h2-7H,1H3,(H3,13,15,19). The monoisotopic (exact) mass is 256 g/mol. The number of carbonyl (C=O) groups is 1. The second-order valence-corrected chi connectivity index (χ2v) is 4.09. The summed E-state index contributed by atoms with van der Waals surface area (Å²) in [6, 6.07) is 6.91. The van der Waals surface area contributed by atoms with E-state index < -0.39 is 6.03 Å². The molecule has 0 aliphatic heterocycles. The van der Waals surface area contributed by atoms with E-state index in [9.17, 15) is 4.79 Å². The predicted octanol–water partition coefficient (Wildman–Crippen LogP) is 1.23. The number of rotatable bonds is 2. The van der Waals surface area contributed by atoms with Crippen LogP contribution in [0.5, 0.6) is 0 Å². The number of fused-ring (bicyclic) bond motifs is 1. The highest BCUT2D eigenvalue weighted by atomic mass is 16.2. The molecule has 19 heavy (non-hydrogen) atoms. The molecule has 7 nitrogen and oxygen atoms in total. The Bertz CT molecular complexity index is 757. The third-order valence-corrected chi connectivity index (χ3v) is 2.82. The van der Waals surface area contributed by atoms with Crippen LogP contribution in [0.25, 0.3) is 17.0 Å². The minimum Gasteiger partial charge on any atom is -0.351 e. The van der Waals surface area contributed by atoms with Crippen molar-refractivity contribution in [2.75, 3.05) is 5.32 Å². The lowest BCUT2D eigenvalue weighted by Gasteiger charge is -2.00. The van der Waals surface area contributed by atoms with Crippen molar-refractivity contribution in [3.05, 3.63) is 36.7 Å². The molecule has 0 unspecified atom stereocenters. The van der Waals surface area contributed by atoms with E-state index in [2.05, 4.69) is 15.4 Å². The minimum absolute atomic E-state index is 0.541. The number of anilines is 1. The van der Waals surface area contributed by atoms with Crippen molar-refractivity contribution in [1.82, 2.24) is 19.2 Å². The van der Waals surface area contributed by atoms with Crippen molar-refractivity contribution < 1.29 is 4.79 Å². The van der Waals surface area contributed by atoms with Crippen LogP contribution in [-0.2, 0) is 7.05 Å². The molecule has 3 aromatic rings. The van der Waals surface area contributed by atoms with E-state index in [0.29, 0.717) is 5.82 Å². The number of aryl methyl sites for hydroxylation is 1. The van der Waals surface area contributed by atoms with E-state index >= 15 is 0 Å². The van der Waals surface area contributed by atoms with Gasteiger partial charge in [0.05, 0.1) is 5.69 Å². The molecule has 0 aliphatic carbocycles. The molecule has 0 bridgehead atoms. The van der Waals surface area contributed by atoms with Gasteiger partial charge in [0.2, 0.25) is 0 Å². The number of nitrogens with one attached hydrogen (secondary N) is 1. The SMILES string of the molecule is Cn1nc(-c2cccc3nccn23)cc1NC(N)=O. The quantitative estimate of drug-likeness (QED) is 0.722. The van der Waals surface area contributed by atoms with Crippen LogP contribution in [-0.4, -0.2) is 25.2 Å². The van der Waals surface area contributed by atoms with Gasteiger partial charge in [-0.2, -0.15) is 5.10 Å². The van der Waals surface area contributed by atoms with Crippen LogP contribution in [0, 0.1) is 0 Å². The number of nitrogens with two attached hydrogens (primary N) is 1. The molecule has 0 spiro atoms. The van der Waals surface area contributed by atoms with Crippen LogP contribution in [0.3, 0.4) is 0 Å². The van der Waals surface area contributed by atoms with Crippen LogP contribution < -0.4 is 11.1 Å². The van der Waals surface area contributed by atoms with Gasteiger partial charge in [0, 0.05) is 25.5 Å². The van der Waals surface area contributed by atoms with Gasteiger partial charge >= 0.3 is 6.03 Å². The lowest BCUT2D eigenvalue weighted by Crippen LogP contribution is -2.20. The van der Waals surface area contributed by atoms with Crippen LogP contribution in [0.4, 0.5) is 10.6 Å². The molecule has 0 saturated carbocycles. The Labute approximate surface area is 108 Å². The van der Waals surface area contributed by atoms with Crippen molar-refractivity contribution in [2.45, 2.75) is 0 Å². The van der Waals surface area contributed by atoms with Gasteiger partial charge in [-0.15, -0.1) is 0 Å². The number of pyridine rings is 1. The molecule has 7 heteroatoms. The molecule has 0 aromatic carbocycles. The van der Waals surface area contributed by atoms with Crippen molar-refractivity contribution in [2.24, 2.45) is 12.8 Å². The average Bonchev–Trinajstić information content (AvgIpc) is 2.95. The normalized spacial score (nSPS) is 10.8. The molecule has 3 rings (SSSR count). The Morgan fingerprint density at radius 1 is 1.42 bits per heavy atom. The van der Waals surface area contributed by atoms with E-state index in [1.54, 1.807) is 24.0 Å². The zero-order valence-corrected chi connectivity index (χ0v) is 10.2. The number of nitrogens with zero attached hydrogens (tertiary/aromatic N) is 4. The summed E-state index contributed by atoms with van der Waals surface area (Å²) in [6.07, 6.45) is 3.59. The van der Waals surface area contributed by atoms with E-state index in [1.807, 2.05) is 28.8 Å². The zero-order valence-electron chi connectivity index (χ0n) is 10.2. The minimum atomic E-state index is -0.615. The van der Waals surface area contributed by atoms with Gasteiger partial charge in [0.1, 0.15) is 17.2 Å². The van der Waals surface area contributed by atoms with Gasteiger partial charge in [-0.05, 0) is 12.1 Å². The molecule has 3 heterocycles. The number of carbonyl (C=O) groups excluding carboxylic acids is 1. The van der Waals surface area contributed by atoms with Crippen molar-refractivity contribution >= 4 is 17.5 Å². The van der Waals surface area contributed by atoms with E-state index in [4.69, 9.17) is 5.73 Å². The Kier molecular flexibility index (Phi) is 2.45. The number of hydrogen-bond donors (Lipinski definition) is 2. The molecule has 0 radical (unpaired) electrons. The second kappa shape index (κ2) is 4.13. The summed E-state index contributed by atoms with van der Waals surface area (Å²) in [5.74, 6) is 0.541. The maximum absolute atomic E-state index is 10.9. The largest absolute Gasteiger partial charge is 0.351 e. The summed E-state index contributed by atoms with van der Waals surface area (Å²) in [4.78, 5) is 15.1. The summed E-state index contributed by atoms with van der Waals surface area (Å²) in [5.41, 5.74) is 7.57. The fourth-order valence-corrected chi connectivity index (χ4v) is 1.99. The van der Waals surface area contributed by atoms with Crippen molar-refractivity contribution in [3.8, 4) is 11.4 Å². The van der Waals surface area contributed by atoms with Crippen molar-refractivity contribution in [1.29, 1.82) is 0 Å². The molecule has 0 saturated heterocycles. The third kappa shape index (κ3) is 1.90. The summed E-state index contributed by atoms with van der Waals surface area (Å²) < 4.78 is 3.49. The molecule has 0 fully saturated rings. The Morgan fingerprint density at radius 2 is 2.26 bits per heavy atom. The lowest BCUT2D eigenvalue weighted by atomic mass is 10.2. The van der Waals surface area contributed by atoms with Crippen LogP contribution in [0.1, 0.15) is 0 Å². The summed E-state index contributed by atoms with van der Waals surface area (Å²) in [6.45, 7) is 0. The van der Waals surface area contributed by atoms with Gasteiger partial charge in [0.15, 0.2) is 0 Å². The average molecular weight is 256 g/mol. The van der Waals surface area contributed by atoms with Crippen LogP contribution >= 0.6 is 0 Å². The first-order chi connectivity index (χ1) is 9.15. The highest BCUT2D eigenvalue weighted by Crippen LogP contribution is 2.22. The summed E-state index contributed by atoms with van der Waals surface area (Å²) in [5, 5.41) is 6.88. The third-order valence-electron chi connectivity index (χ3n) is 2.82. The van der Waals surface area contributed by atoms with E-state index in [1.165, 1.54) is 0 Å². The Hall–Kier alpha value is -2.83. The maximum Gasteiger partial charge on any atom is 0.317 e. The Balaban J connectivity index is 2.11. The zero-order chi connectivity index (χ0) is 13.4. The van der Waals surface area contributed by atoms with Gasteiger partial charge in [0.25, 0.3) is 0 Å². The number of urea groups is 1. The predicted molar refractivity (Wildman–Crippen MR) is 70.6 cm³/mol. The smallest absolute Gasteiger partial charge is 0.317 e. The Morgan fingerprint density at radius 3 is 3.05 bits per heavy atom.